The molecule has 286 valence electrons. The number of nitrogens with zero attached hydrogens (tertiary/aromatic N) is 1. The minimum atomic E-state index is -0.254. The Morgan fingerprint density at radius 3 is 1.32 bits per heavy atom. The largest absolute Gasteiger partial charge is 0.456 e. The summed E-state index contributed by atoms with van der Waals surface area (Å²) in [6.45, 7) is 4.57. The number of ether oxygens (including phenoxy) is 1. The summed E-state index contributed by atoms with van der Waals surface area (Å²) in [7, 11) is 0. The standard InChI is InChI=1S/C57H41NO2/c1-57(2)50-34-27-45(37-54(50)60-56-51(57)35-36-53-55(56)49-15-9-10-16-52(49)59-53)44-25-32-48(33-26-44)58(46-28-21-42(22-29-46)39-13-7-4-8-14-39)47-30-23-43(24-31-47)41-19-17-40(18-20-41)38-11-5-3-6-12-38/h3-37H,1-2H3. The van der Waals surface area contributed by atoms with Gasteiger partial charge in [-0.15, -0.1) is 0 Å². The SMILES string of the molecule is CC1(C)c2ccc(-c3ccc(N(c4ccc(-c5ccccc5)cc4)c4ccc(-c5ccc(-c6ccccc6)cc5)cc4)cc3)cc2Oc2c1ccc1oc3ccccc3c21. The van der Waals surface area contributed by atoms with Crippen molar-refractivity contribution in [3.63, 3.8) is 0 Å². The zero-order valence-electron chi connectivity index (χ0n) is 33.5. The molecule has 3 heteroatoms. The second kappa shape index (κ2) is 14.3. The fourth-order valence-electron chi connectivity index (χ4n) is 8.91. The highest BCUT2D eigenvalue weighted by Crippen LogP contribution is 2.53. The molecule has 0 saturated carbocycles. The van der Waals surface area contributed by atoms with Crippen molar-refractivity contribution < 1.29 is 9.15 Å². The Hall–Kier alpha value is -7.62. The number of para-hydroxylation sites is 1. The maximum Gasteiger partial charge on any atom is 0.143 e. The van der Waals surface area contributed by atoms with Crippen LogP contribution in [0.5, 0.6) is 11.5 Å². The highest BCUT2D eigenvalue weighted by Gasteiger charge is 2.36. The Kier molecular flexibility index (Phi) is 8.49. The van der Waals surface area contributed by atoms with E-state index in [2.05, 4.69) is 219 Å². The molecule has 1 aliphatic heterocycles. The van der Waals surface area contributed by atoms with Crippen molar-refractivity contribution >= 4 is 39.0 Å². The first-order chi connectivity index (χ1) is 29.5. The molecule has 0 amide bonds. The summed E-state index contributed by atoms with van der Waals surface area (Å²) < 4.78 is 13.1. The van der Waals surface area contributed by atoms with Gasteiger partial charge in [0, 0.05) is 39.0 Å². The first kappa shape index (κ1) is 35.5. The maximum atomic E-state index is 6.87. The van der Waals surface area contributed by atoms with Gasteiger partial charge in [0.25, 0.3) is 0 Å². The first-order valence-corrected chi connectivity index (χ1v) is 20.6. The van der Waals surface area contributed by atoms with Crippen molar-refractivity contribution in [1.29, 1.82) is 0 Å². The molecule has 60 heavy (non-hydrogen) atoms. The van der Waals surface area contributed by atoms with E-state index in [1.165, 1.54) is 38.9 Å². The number of fused-ring (bicyclic) bond motifs is 6. The van der Waals surface area contributed by atoms with E-state index < -0.39 is 0 Å². The molecule has 0 aliphatic carbocycles. The van der Waals surface area contributed by atoms with E-state index in [0.717, 1.165) is 67.2 Å². The molecule has 0 N–H and O–H groups in total. The lowest BCUT2D eigenvalue weighted by molar-refractivity contribution is 0.423. The average Bonchev–Trinajstić information content (AvgIpc) is 3.70. The van der Waals surface area contributed by atoms with E-state index in [1.807, 2.05) is 12.1 Å². The van der Waals surface area contributed by atoms with Crippen molar-refractivity contribution in [2.45, 2.75) is 19.3 Å². The van der Waals surface area contributed by atoms with Gasteiger partial charge in [-0.05, 0) is 99.1 Å². The molecule has 10 aromatic rings. The first-order valence-electron chi connectivity index (χ1n) is 20.6. The van der Waals surface area contributed by atoms with Crippen molar-refractivity contribution in [1.82, 2.24) is 0 Å². The summed E-state index contributed by atoms with van der Waals surface area (Å²) in [5.41, 5.74) is 16.4. The summed E-state index contributed by atoms with van der Waals surface area (Å²) in [6, 6.07) is 75.6. The molecule has 3 nitrogen and oxygen atoms in total. The minimum absolute atomic E-state index is 0.254. The van der Waals surface area contributed by atoms with Crippen LogP contribution in [0.1, 0.15) is 25.0 Å². The lowest BCUT2D eigenvalue weighted by atomic mass is 9.75. The zero-order chi connectivity index (χ0) is 40.2. The van der Waals surface area contributed by atoms with E-state index in [4.69, 9.17) is 9.15 Å². The van der Waals surface area contributed by atoms with Crippen molar-refractivity contribution in [3.8, 4) is 56.0 Å². The Balaban J connectivity index is 0.932. The van der Waals surface area contributed by atoms with Crippen molar-refractivity contribution in [3.05, 3.63) is 223 Å². The third kappa shape index (κ3) is 6.15. The highest BCUT2D eigenvalue weighted by atomic mass is 16.5. The van der Waals surface area contributed by atoms with Crippen molar-refractivity contribution in [2.24, 2.45) is 0 Å². The van der Waals surface area contributed by atoms with Crippen LogP contribution >= 0.6 is 0 Å². The van der Waals surface area contributed by atoms with Crippen molar-refractivity contribution in [2.75, 3.05) is 4.90 Å². The maximum absolute atomic E-state index is 6.87. The average molecular weight is 772 g/mol. The second-order valence-corrected chi connectivity index (χ2v) is 16.1. The number of benzene rings is 9. The van der Waals surface area contributed by atoms with Crippen LogP contribution in [0.15, 0.2) is 217 Å². The fourth-order valence-corrected chi connectivity index (χ4v) is 8.91. The van der Waals surface area contributed by atoms with Gasteiger partial charge in [0.1, 0.15) is 22.7 Å². The molecule has 2 heterocycles. The second-order valence-electron chi connectivity index (χ2n) is 16.1. The number of hydrogen-bond donors (Lipinski definition) is 0. The Bertz CT molecular complexity index is 3150. The molecule has 0 fully saturated rings. The summed E-state index contributed by atoms with van der Waals surface area (Å²) >= 11 is 0. The molecule has 0 saturated heterocycles. The minimum Gasteiger partial charge on any atom is -0.456 e. The van der Waals surface area contributed by atoms with Crippen LogP contribution in [0, 0.1) is 0 Å². The van der Waals surface area contributed by atoms with Gasteiger partial charge in [-0.1, -0.05) is 172 Å². The van der Waals surface area contributed by atoms with E-state index in [1.54, 1.807) is 0 Å². The zero-order valence-corrected chi connectivity index (χ0v) is 33.5. The van der Waals surface area contributed by atoms with Gasteiger partial charge < -0.3 is 14.1 Å². The van der Waals surface area contributed by atoms with Gasteiger partial charge >= 0.3 is 0 Å². The molecule has 9 aromatic carbocycles. The van der Waals surface area contributed by atoms with E-state index in [9.17, 15) is 0 Å². The van der Waals surface area contributed by atoms with Crippen LogP contribution in [0.25, 0.3) is 66.4 Å². The predicted octanol–water partition coefficient (Wildman–Crippen LogP) is 16.2. The third-order valence-corrected chi connectivity index (χ3v) is 12.2. The van der Waals surface area contributed by atoms with E-state index in [0.29, 0.717) is 0 Å². The van der Waals surface area contributed by atoms with Crippen LogP contribution in [0.2, 0.25) is 0 Å². The smallest absolute Gasteiger partial charge is 0.143 e. The van der Waals surface area contributed by atoms with E-state index in [-0.39, 0.29) is 5.41 Å². The number of hydrogen-bond acceptors (Lipinski definition) is 3. The lowest BCUT2D eigenvalue weighted by Crippen LogP contribution is -2.24. The molecular formula is C57H41NO2. The number of furan rings is 1. The summed E-state index contributed by atoms with van der Waals surface area (Å²) in [5, 5.41) is 2.10. The monoisotopic (exact) mass is 771 g/mol. The number of rotatable bonds is 7. The molecule has 11 rings (SSSR count). The Labute approximate surface area is 350 Å². The quantitative estimate of drug-likeness (QED) is 0.161. The lowest BCUT2D eigenvalue weighted by Gasteiger charge is -2.35. The molecular weight excluding hydrogens is 731 g/mol. The van der Waals surface area contributed by atoms with Crippen LogP contribution in [0.4, 0.5) is 17.1 Å². The summed E-state index contributed by atoms with van der Waals surface area (Å²) in [4.78, 5) is 2.33. The van der Waals surface area contributed by atoms with Gasteiger partial charge in [-0.3, -0.25) is 0 Å². The normalized spacial score (nSPS) is 12.8. The van der Waals surface area contributed by atoms with Gasteiger partial charge in [0.05, 0.1) is 5.39 Å². The van der Waals surface area contributed by atoms with Crippen LogP contribution in [0.3, 0.4) is 0 Å². The predicted molar refractivity (Wildman–Crippen MR) is 249 cm³/mol. The molecule has 0 unspecified atom stereocenters. The molecule has 1 aliphatic rings. The molecule has 0 bridgehead atoms. The molecule has 0 radical (unpaired) electrons. The van der Waals surface area contributed by atoms with Gasteiger partial charge in [-0.25, -0.2) is 0 Å². The van der Waals surface area contributed by atoms with Crippen LogP contribution < -0.4 is 9.64 Å². The van der Waals surface area contributed by atoms with Gasteiger partial charge in [-0.2, -0.15) is 0 Å². The topological polar surface area (TPSA) is 25.6 Å². The molecule has 1 aromatic heterocycles. The van der Waals surface area contributed by atoms with E-state index >= 15 is 0 Å². The van der Waals surface area contributed by atoms with Gasteiger partial charge in [0.15, 0.2) is 0 Å². The molecule has 0 atom stereocenters. The van der Waals surface area contributed by atoms with Crippen LogP contribution in [-0.2, 0) is 5.41 Å². The van der Waals surface area contributed by atoms with Crippen LogP contribution in [-0.4, -0.2) is 0 Å². The number of anilines is 3. The third-order valence-electron chi connectivity index (χ3n) is 12.2. The van der Waals surface area contributed by atoms with Gasteiger partial charge in [0.2, 0.25) is 0 Å². The highest BCUT2D eigenvalue weighted by molar-refractivity contribution is 6.09. The summed E-state index contributed by atoms with van der Waals surface area (Å²) in [5.74, 6) is 1.76. The Morgan fingerprint density at radius 2 is 0.783 bits per heavy atom. The molecule has 0 spiro atoms. The Morgan fingerprint density at radius 1 is 0.367 bits per heavy atom. The fraction of sp³-hybridized carbons (Fsp3) is 0.0526. The summed E-state index contributed by atoms with van der Waals surface area (Å²) in [6.07, 6.45) is 0.